The fraction of sp³-hybridized carbons (Fsp3) is 0.435. The molecule has 152 valence electrons. The molecule has 4 nitrogen and oxygen atoms in total. The number of hydrogen-bond donors (Lipinski definition) is 3. The van der Waals surface area contributed by atoms with Gasteiger partial charge in [0.1, 0.15) is 0 Å². The second kappa shape index (κ2) is 9.94. The van der Waals surface area contributed by atoms with Gasteiger partial charge in [-0.3, -0.25) is 4.79 Å². The third-order valence-corrected chi connectivity index (χ3v) is 5.04. The molecule has 3 rings (SSSR count). The molecule has 2 unspecified atom stereocenters. The van der Waals surface area contributed by atoms with Crippen LogP contribution < -0.4 is 16.4 Å². The van der Waals surface area contributed by atoms with Gasteiger partial charge in [-0.1, -0.05) is 70.5 Å². The van der Waals surface area contributed by atoms with Crippen molar-refractivity contribution in [1.29, 1.82) is 0 Å². The van der Waals surface area contributed by atoms with Crippen LogP contribution in [-0.2, 0) is 4.79 Å². The zero-order chi connectivity index (χ0) is 20.8. The summed E-state index contributed by atoms with van der Waals surface area (Å²) in [4.78, 5) is 12.4. The summed E-state index contributed by atoms with van der Waals surface area (Å²) >= 11 is 6.31. The molecule has 1 amide bonds. The van der Waals surface area contributed by atoms with Gasteiger partial charge >= 0.3 is 0 Å². The molecular formula is C23H32ClN3O. The van der Waals surface area contributed by atoms with E-state index < -0.39 is 0 Å². The lowest BCUT2D eigenvalue weighted by Gasteiger charge is -2.32. The average molecular weight is 402 g/mol. The van der Waals surface area contributed by atoms with Crippen LogP contribution in [0.2, 0.25) is 5.02 Å². The lowest BCUT2D eigenvalue weighted by molar-refractivity contribution is -0.123. The van der Waals surface area contributed by atoms with Gasteiger partial charge in [-0.15, -0.1) is 0 Å². The summed E-state index contributed by atoms with van der Waals surface area (Å²) in [5.74, 6) is -0.0584. The number of nitrogens with one attached hydrogen (secondary N) is 2. The molecule has 0 fully saturated rings. The van der Waals surface area contributed by atoms with Gasteiger partial charge in [0.2, 0.25) is 5.91 Å². The minimum Gasteiger partial charge on any atom is -0.399 e. The van der Waals surface area contributed by atoms with E-state index in [1.165, 1.54) is 0 Å². The number of benzene rings is 2. The van der Waals surface area contributed by atoms with Gasteiger partial charge in [0, 0.05) is 22.8 Å². The van der Waals surface area contributed by atoms with Crippen LogP contribution in [0.25, 0.3) is 0 Å². The number of carbonyl (C=O) groups is 1. The van der Waals surface area contributed by atoms with Crippen LogP contribution in [0.15, 0.2) is 42.5 Å². The van der Waals surface area contributed by atoms with Crippen LogP contribution in [0.4, 0.5) is 5.69 Å². The standard InChI is InChI=1S/C17H17ClN2O.C6H15N/c1-2-11-12-5-3-4-6-13(12)16(20-17(11)21)14-9-10(19)7-8-15(14)18;1-5(2)7-6(3)4/h3-9,11,16H,2,19H2,1H3,(H,20,21);5-7H,1-4H3. The molecule has 0 radical (unpaired) electrons. The number of nitrogens with two attached hydrogens (primary N) is 1. The van der Waals surface area contributed by atoms with Crippen LogP contribution in [0.1, 0.15) is 69.7 Å². The fourth-order valence-electron chi connectivity index (χ4n) is 3.65. The van der Waals surface area contributed by atoms with Crippen LogP contribution in [0.5, 0.6) is 0 Å². The molecule has 2 aromatic rings. The van der Waals surface area contributed by atoms with E-state index in [2.05, 4.69) is 38.3 Å². The Morgan fingerprint density at radius 1 is 1.04 bits per heavy atom. The van der Waals surface area contributed by atoms with Crippen LogP contribution in [0.3, 0.4) is 0 Å². The molecule has 0 aromatic heterocycles. The van der Waals surface area contributed by atoms with E-state index in [-0.39, 0.29) is 17.9 Å². The molecule has 0 bridgehead atoms. The van der Waals surface area contributed by atoms with Gasteiger partial charge in [0.25, 0.3) is 0 Å². The molecule has 28 heavy (non-hydrogen) atoms. The molecule has 2 atom stereocenters. The lowest BCUT2D eigenvalue weighted by Crippen LogP contribution is -2.39. The van der Waals surface area contributed by atoms with E-state index >= 15 is 0 Å². The van der Waals surface area contributed by atoms with Gasteiger partial charge in [0.05, 0.1) is 12.0 Å². The smallest absolute Gasteiger partial charge is 0.228 e. The summed E-state index contributed by atoms with van der Waals surface area (Å²) in [5.41, 5.74) is 9.52. The Morgan fingerprint density at radius 3 is 2.18 bits per heavy atom. The van der Waals surface area contributed by atoms with Crippen LogP contribution in [-0.4, -0.2) is 18.0 Å². The largest absolute Gasteiger partial charge is 0.399 e. The van der Waals surface area contributed by atoms with Gasteiger partial charge in [-0.05, 0) is 41.3 Å². The number of halogens is 1. The number of carbonyl (C=O) groups excluding carboxylic acids is 1. The molecule has 0 aliphatic carbocycles. The van der Waals surface area contributed by atoms with Crippen molar-refractivity contribution in [1.82, 2.24) is 10.6 Å². The minimum absolute atomic E-state index is 0.0414. The number of rotatable bonds is 4. The molecule has 1 aliphatic heterocycles. The number of anilines is 1. The molecule has 0 saturated carbocycles. The molecule has 2 aromatic carbocycles. The Hall–Kier alpha value is -2.04. The predicted octanol–water partition coefficient (Wildman–Crippen LogP) is 5.03. The maximum atomic E-state index is 12.4. The van der Waals surface area contributed by atoms with E-state index in [4.69, 9.17) is 17.3 Å². The van der Waals surface area contributed by atoms with Crippen molar-refractivity contribution in [2.75, 3.05) is 5.73 Å². The molecule has 1 heterocycles. The normalized spacial score (nSPS) is 18.4. The SMILES string of the molecule is CC(C)NC(C)C.CCC1C(=O)NC(c2cc(N)ccc2Cl)c2ccccc21. The Balaban J connectivity index is 0.000000345. The second-order valence-electron chi connectivity index (χ2n) is 7.79. The highest BCUT2D eigenvalue weighted by atomic mass is 35.5. The number of fused-ring (bicyclic) bond motifs is 1. The van der Waals surface area contributed by atoms with Crippen LogP contribution >= 0.6 is 11.6 Å². The third kappa shape index (κ3) is 5.49. The Bertz CT molecular complexity index is 798. The molecule has 5 heteroatoms. The van der Waals surface area contributed by atoms with Gasteiger partial charge in [0.15, 0.2) is 0 Å². The van der Waals surface area contributed by atoms with E-state index in [1.54, 1.807) is 12.1 Å². The fourth-order valence-corrected chi connectivity index (χ4v) is 3.88. The van der Waals surface area contributed by atoms with Gasteiger partial charge in [-0.25, -0.2) is 0 Å². The van der Waals surface area contributed by atoms with Crippen LogP contribution in [0, 0.1) is 0 Å². The first-order chi connectivity index (χ1) is 13.2. The van der Waals surface area contributed by atoms with E-state index in [0.717, 1.165) is 23.1 Å². The van der Waals surface area contributed by atoms with Crippen molar-refractivity contribution < 1.29 is 4.79 Å². The minimum atomic E-state index is -0.243. The average Bonchev–Trinajstić information content (AvgIpc) is 2.62. The van der Waals surface area contributed by atoms with E-state index in [1.807, 2.05) is 37.3 Å². The van der Waals surface area contributed by atoms with Crippen molar-refractivity contribution in [2.24, 2.45) is 0 Å². The maximum Gasteiger partial charge on any atom is 0.228 e. The van der Waals surface area contributed by atoms with Gasteiger partial charge < -0.3 is 16.4 Å². The zero-order valence-electron chi connectivity index (χ0n) is 17.4. The molecule has 1 aliphatic rings. The predicted molar refractivity (Wildman–Crippen MR) is 119 cm³/mol. The monoisotopic (exact) mass is 401 g/mol. The highest BCUT2D eigenvalue weighted by Gasteiger charge is 2.33. The Labute approximate surface area is 173 Å². The molecule has 4 N–H and O–H groups in total. The highest BCUT2D eigenvalue weighted by molar-refractivity contribution is 6.31. The van der Waals surface area contributed by atoms with E-state index in [9.17, 15) is 4.79 Å². The maximum absolute atomic E-state index is 12.4. The summed E-state index contributed by atoms with van der Waals surface area (Å²) in [7, 11) is 0. The Kier molecular flexibility index (Phi) is 7.90. The summed E-state index contributed by atoms with van der Waals surface area (Å²) in [6.45, 7) is 10.6. The first kappa shape index (κ1) is 22.3. The van der Waals surface area contributed by atoms with Crippen molar-refractivity contribution >= 4 is 23.2 Å². The van der Waals surface area contributed by atoms with Gasteiger partial charge in [-0.2, -0.15) is 0 Å². The summed E-state index contributed by atoms with van der Waals surface area (Å²) in [6, 6.07) is 14.4. The van der Waals surface area contributed by atoms with Crippen molar-refractivity contribution in [2.45, 2.75) is 65.1 Å². The van der Waals surface area contributed by atoms with Crippen molar-refractivity contribution in [3.05, 3.63) is 64.2 Å². The first-order valence-electron chi connectivity index (χ1n) is 9.94. The Morgan fingerprint density at radius 2 is 1.64 bits per heavy atom. The third-order valence-electron chi connectivity index (χ3n) is 4.69. The van der Waals surface area contributed by atoms with Crippen molar-refractivity contribution in [3.8, 4) is 0 Å². The highest BCUT2D eigenvalue weighted by Crippen LogP contribution is 2.38. The summed E-state index contributed by atoms with van der Waals surface area (Å²) in [5, 5.41) is 6.99. The molecule has 0 spiro atoms. The molecular weight excluding hydrogens is 370 g/mol. The van der Waals surface area contributed by atoms with Crippen molar-refractivity contribution in [3.63, 3.8) is 0 Å². The topological polar surface area (TPSA) is 67.2 Å². The summed E-state index contributed by atoms with van der Waals surface area (Å²) in [6.07, 6.45) is 0.778. The number of amides is 1. The molecule has 0 saturated heterocycles. The first-order valence-corrected chi connectivity index (χ1v) is 10.3. The number of nitrogen functional groups attached to an aromatic ring is 1. The lowest BCUT2D eigenvalue weighted by atomic mass is 9.82. The zero-order valence-corrected chi connectivity index (χ0v) is 18.2. The summed E-state index contributed by atoms with van der Waals surface area (Å²) < 4.78 is 0. The van der Waals surface area contributed by atoms with E-state index in [0.29, 0.717) is 22.8 Å². The number of hydrogen-bond acceptors (Lipinski definition) is 3. The second-order valence-corrected chi connectivity index (χ2v) is 8.20. The quantitative estimate of drug-likeness (QED) is 0.629.